The molecule has 0 saturated carbocycles. The first-order chi connectivity index (χ1) is 9.74. The molecule has 1 heterocycles. The first-order valence-corrected chi connectivity index (χ1v) is 8.11. The van der Waals surface area contributed by atoms with Crippen molar-refractivity contribution >= 4 is 0 Å². The molecule has 0 amide bonds. The molecule has 112 valence electrons. The molecule has 1 saturated heterocycles. The molecule has 0 aromatic heterocycles. The topological polar surface area (TPSA) is 21.3 Å². The van der Waals surface area contributed by atoms with E-state index < -0.39 is 0 Å². The molecule has 2 nitrogen and oxygen atoms in total. The molecule has 1 aliphatic rings. The highest BCUT2D eigenvalue weighted by molar-refractivity contribution is 5.29. The van der Waals surface area contributed by atoms with Gasteiger partial charge in [-0.1, -0.05) is 57.5 Å². The van der Waals surface area contributed by atoms with Gasteiger partial charge in [-0.05, 0) is 30.9 Å². The van der Waals surface area contributed by atoms with Crippen LogP contribution in [0.1, 0.15) is 45.6 Å². The highest BCUT2D eigenvalue weighted by atomic mass is 16.5. The van der Waals surface area contributed by atoms with Crippen LogP contribution < -0.4 is 5.32 Å². The van der Waals surface area contributed by atoms with Gasteiger partial charge in [-0.2, -0.15) is 0 Å². The van der Waals surface area contributed by atoms with E-state index in [4.69, 9.17) is 4.74 Å². The Kier molecular flexibility index (Phi) is 5.62. The van der Waals surface area contributed by atoms with Crippen LogP contribution in [0.5, 0.6) is 0 Å². The van der Waals surface area contributed by atoms with Crippen LogP contribution in [0, 0.1) is 5.92 Å². The van der Waals surface area contributed by atoms with Crippen LogP contribution in [0.15, 0.2) is 30.3 Å². The largest absolute Gasteiger partial charge is 0.381 e. The number of likely N-dealkylation sites (N-methyl/N-ethyl adjacent to an activating group) is 1. The van der Waals surface area contributed by atoms with Gasteiger partial charge in [-0.3, -0.25) is 0 Å². The quantitative estimate of drug-likeness (QED) is 0.853. The van der Waals surface area contributed by atoms with E-state index in [0.29, 0.717) is 12.0 Å². The molecule has 1 aromatic rings. The summed E-state index contributed by atoms with van der Waals surface area (Å²) < 4.78 is 5.66. The minimum atomic E-state index is 0.227. The molecule has 1 fully saturated rings. The van der Waals surface area contributed by atoms with E-state index in [9.17, 15) is 0 Å². The molecule has 1 aliphatic heterocycles. The first-order valence-electron chi connectivity index (χ1n) is 8.11. The zero-order chi connectivity index (χ0) is 14.4. The lowest BCUT2D eigenvalue weighted by Gasteiger charge is -2.47. The summed E-state index contributed by atoms with van der Waals surface area (Å²) >= 11 is 0. The highest BCUT2D eigenvalue weighted by Gasteiger charge is 2.43. The van der Waals surface area contributed by atoms with Gasteiger partial charge in [0, 0.05) is 24.7 Å². The fraction of sp³-hybridized carbons (Fsp3) is 0.667. The monoisotopic (exact) mass is 275 g/mol. The second-order valence-electron chi connectivity index (χ2n) is 6.06. The summed E-state index contributed by atoms with van der Waals surface area (Å²) in [6.45, 7) is 9.69. The lowest BCUT2D eigenvalue weighted by molar-refractivity contribution is 0.0249. The molecule has 0 radical (unpaired) electrons. The summed E-state index contributed by atoms with van der Waals surface area (Å²) in [4.78, 5) is 0. The molecule has 0 spiro atoms. The summed E-state index contributed by atoms with van der Waals surface area (Å²) in [6, 6.07) is 11.6. The maximum absolute atomic E-state index is 5.66. The van der Waals surface area contributed by atoms with Crippen molar-refractivity contribution in [2.45, 2.75) is 51.5 Å². The molecule has 0 bridgehead atoms. The molecule has 2 rings (SSSR count). The van der Waals surface area contributed by atoms with Crippen molar-refractivity contribution < 1.29 is 4.74 Å². The maximum Gasteiger partial charge on any atom is 0.0475 e. The molecule has 2 atom stereocenters. The minimum Gasteiger partial charge on any atom is -0.381 e. The van der Waals surface area contributed by atoms with Gasteiger partial charge in [0.05, 0.1) is 0 Å². The number of benzene rings is 1. The van der Waals surface area contributed by atoms with Gasteiger partial charge in [0.1, 0.15) is 0 Å². The second-order valence-corrected chi connectivity index (χ2v) is 6.06. The van der Waals surface area contributed by atoms with Crippen LogP contribution in [0.3, 0.4) is 0 Å². The van der Waals surface area contributed by atoms with Gasteiger partial charge in [0.15, 0.2) is 0 Å². The predicted octanol–water partition coefficient (Wildman–Crippen LogP) is 3.76. The van der Waals surface area contributed by atoms with Crippen LogP contribution in [0.4, 0.5) is 0 Å². The Morgan fingerprint density at radius 1 is 1.15 bits per heavy atom. The summed E-state index contributed by atoms with van der Waals surface area (Å²) in [5.41, 5.74) is 1.71. The third kappa shape index (κ3) is 3.07. The van der Waals surface area contributed by atoms with Crippen LogP contribution in [0.25, 0.3) is 0 Å². The van der Waals surface area contributed by atoms with Gasteiger partial charge in [-0.25, -0.2) is 0 Å². The molecular formula is C18H29NO. The zero-order valence-electron chi connectivity index (χ0n) is 13.2. The lowest BCUT2D eigenvalue weighted by atomic mass is 9.65. The zero-order valence-corrected chi connectivity index (χ0v) is 13.2. The Labute approximate surface area is 123 Å². The lowest BCUT2D eigenvalue weighted by Crippen LogP contribution is -2.54. The van der Waals surface area contributed by atoms with Gasteiger partial charge < -0.3 is 10.1 Å². The smallest absolute Gasteiger partial charge is 0.0475 e. The standard InChI is InChI=1S/C18H29NO/c1-4-15(3)17(19-5-2)18(11-13-20-14-12-18)16-9-7-6-8-10-16/h6-10,15,17,19H,4-5,11-14H2,1-3H3. The number of hydrogen-bond acceptors (Lipinski definition) is 2. The number of ether oxygens (including phenoxy) is 1. The molecule has 0 aliphatic carbocycles. The average Bonchev–Trinajstić information content (AvgIpc) is 2.53. The van der Waals surface area contributed by atoms with E-state index in [2.05, 4.69) is 56.4 Å². The third-order valence-corrected chi connectivity index (χ3v) is 4.97. The predicted molar refractivity (Wildman–Crippen MR) is 85.1 cm³/mol. The van der Waals surface area contributed by atoms with E-state index in [1.165, 1.54) is 12.0 Å². The fourth-order valence-electron chi connectivity index (χ4n) is 3.68. The summed E-state index contributed by atoms with van der Waals surface area (Å²) in [6.07, 6.45) is 3.46. The van der Waals surface area contributed by atoms with Gasteiger partial charge in [0.25, 0.3) is 0 Å². The van der Waals surface area contributed by atoms with Crippen molar-refractivity contribution in [2.75, 3.05) is 19.8 Å². The molecule has 1 aromatic carbocycles. The van der Waals surface area contributed by atoms with Crippen molar-refractivity contribution in [1.29, 1.82) is 0 Å². The second kappa shape index (κ2) is 7.24. The van der Waals surface area contributed by atoms with Crippen molar-refractivity contribution in [2.24, 2.45) is 5.92 Å². The highest BCUT2D eigenvalue weighted by Crippen LogP contribution is 2.41. The molecule has 2 unspecified atom stereocenters. The van der Waals surface area contributed by atoms with E-state index in [-0.39, 0.29) is 5.41 Å². The molecule has 2 heteroatoms. The van der Waals surface area contributed by atoms with Crippen molar-refractivity contribution in [3.05, 3.63) is 35.9 Å². The van der Waals surface area contributed by atoms with E-state index in [1.807, 2.05) is 0 Å². The number of nitrogens with one attached hydrogen (secondary N) is 1. The Morgan fingerprint density at radius 2 is 1.80 bits per heavy atom. The van der Waals surface area contributed by atoms with Crippen molar-refractivity contribution in [3.63, 3.8) is 0 Å². The Balaban J connectivity index is 2.39. The van der Waals surface area contributed by atoms with Gasteiger partial charge in [0.2, 0.25) is 0 Å². The van der Waals surface area contributed by atoms with Crippen LogP contribution in [-0.2, 0) is 10.2 Å². The maximum atomic E-state index is 5.66. The van der Waals surface area contributed by atoms with Crippen LogP contribution >= 0.6 is 0 Å². The van der Waals surface area contributed by atoms with Crippen molar-refractivity contribution in [3.8, 4) is 0 Å². The normalized spacial score (nSPS) is 21.4. The minimum absolute atomic E-state index is 0.227. The Hall–Kier alpha value is -0.860. The summed E-state index contributed by atoms with van der Waals surface area (Å²) in [7, 11) is 0. The average molecular weight is 275 g/mol. The number of rotatable bonds is 6. The Morgan fingerprint density at radius 3 is 2.35 bits per heavy atom. The molecular weight excluding hydrogens is 246 g/mol. The van der Waals surface area contributed by atoms with E-state index in [1.54, 1.807) is 0 Å². The van der Waals surface area contributed by atoms with Crippen LogP contribution in [-0.4, -0.2) is 25.8 Å². The molecule has 20 heavy (non-hydrogen) atoms. The Bertz CT molecular complexity index is 384. The van der Waals surface area contributed by atoms with Gasteiger partial charge >= 0.3 is 0 Å². The van der Waals surface area contributed by atoms with E-state index >= 15 is 0 Å². The van der Waals surface area contributed by atoms with E-state index in [0.717, 1.165) is 32.6 Å². The van der Waals surface area contributed by atoms with Crippen molar-refractivity contribution in [1.82, 2.24) is 5.32 Å². The molecule has 1 N–H and O–H groups in total. The fourth-order valence-corrected chi connectivity index (χ4v) is 3.68. The number of hydrogen-bond donors (Lipinski definition) is 1. The SMILES string of the molecule is CCNC(C(C)CC)C1(c2ccccc2)CCOCC1. The summed E-state index contributed by atoms with van der Waals surface area (Å²) in [5.74, 6) is 0.674. The summed E-state index contributed by atoms with van der Waals surface area (Å²) in [5, 5.41) is 3.79. The van der Waals surface area contributed by atoms with Crippen LogP contribution in [0.2, 0.25) is 0 Å². The first kappa shape index (κ1) is 15.5. The third-order valence-electron chi connectivity index (χ3n) is 4.97. The van der Waals surface area contributed by atoms with Gasteiger partial charge in [-0.15, -0.1) is 0 Å².